The molecule has 1 aliphatic heterocycles. The summed E-state index contributed by atoms with van der Waals surface area (Å²) < 4.78 is 10.2. The summed E-state index contributed by atoms with van der Waals surface area (Å²) in [6.45, 7) is 1.92. The van der Waals surface area contributed by atoms with Crippen molar-refractivity contribution in [3.8, 4) is 6.07 Å². The molecule has 54 valence electrons. The van der Waals surface area contributed by atoms with Crippen LogP contribution in [0.3, 0.4) is 0 Å². The fraction of sp³-hybridized carbons (Fsp3) is 0.571. The maximum Gasteiger partial charge on any atom is 0.262 e. The van der Waals surface area contributed by atoms with Gasteiger partial charge in [-0.05, 0) is 0 Å². The number of nitrogens with zero attached hydrogens (tertiary/aromatic N) is 1. The van der Waals surface area contributed by atoms with Crippen LogP contribution < -0.4 is 0 Å². The van der Waals surface area contributed by atoms with Gasteiger partial charge in [0.1, 0.15) is 18.9 Å². The lowest BCUT2D eigenvalue weighted by Gasteiger charge is -2.22. The molecule has 0 bridgehead atoms. The standard InChI is InChI=1S/C7H9NO2/c1-2-7(3-4-8)9-5-6-10-7/h5-6H,2-3H2,1H3. The third kappa shape index (κ3) is 1.06. The van der Waals surface area contributed by atoms with E-state index in [1.165, 1.54) is 12.5 Å². The molecule has 0 amide bonds. The zero-order chi connectivity index (χ0) is 7.45. The summed E-state index contributed by atoms with van der Waals surface area (Å²) in [5.74, 6) is -0.686. The Morgan fingerprint density at radius 2 is 2.10 bits per heavy atom. The van der Waals surface area contributed by atoms with Crippen LogP contribution in [-0.4, -0.2) is 5.79 Å². The molecular weight excluding hydrogens is 130 g/mol. The number of nitriles is 1. The lowest BCUT2D eigenvalue weighted by atomic mass is 10.1. The van der Waals surface area contributed by atoms with E-state index in [2.05, 4.69) is 0 Å². The Bertz CT molecular complexity index is 173. The first kappa shape index (κ1) is 6.94. The third-order valence-corrected chi connectivity index (χ3v) is 1.51. The van der Waals surface area contributed by atoms with Crippen LogP contribution in [0.15, 0.2) is 12.5 Å². The van der Waals surface area contributed by atoms with E-state index in [0.717, 1.165) is 0 Å². The molecule has 0 saturated carbocycles. The van der Waals surface area contributed by atoms with E-state index >= 15 is 0 Å². The molecule has 1 aliphatic rings. The molecule has 3 heteroatoms. The molecule has 0 spiro atoms. The smallest absolute Gasteiger partial charge is 0.262 e. The molecule has 0 fully saturated rings. The second-order valence-corrected chi connectivity index (χ2v) is 2.11. The van der Waals surface area contributed by atoms with Gasteiger partial charge in [0.25, 0.3) is 5.79 Å². The second-order valence-electron chi connectivity index (χ2n) is 2.11. The Balaban J connectivity index is 2.54. The largest absolute Gasteiger partial charge is 0.456 e. The monoisotopic (exact) mass is 139 g/mol. The number of ether oxygens (including phenoxy) is 2. The molecule has 0 aromatic heterocycles. The van der Waals surface area contributed by atoms with Crippen molar-refractivity contribution in [3.63, 3.8) is 0 Å². The summed E-state index contributed by atoms with van der Waals surface area (Å²) >= 11 is 0. The van der Waals surface area contributed by atoms with E-state index in [-0.39, 0.29) is 6.42 Å². The van der Waals surface area contributed by atoms with Crippen molar-refractivity contribution in [1.29, 1.82) is 5.26 Å². The minimum atomic E-state index is -0.686. The first-order chi connectivity index (χ1) is 4.83. The van der Waals surface area contributed by atoms with E-state index in [1.807, 2.05) is 13.0 Å². The fourth-order valence-electron chi connectivity index (χ4n) is 0.827. The van der Waals surface area contributed by atoms with Crippen LogP contribution >= 0.6 is 0 Å². The summed E-state index contributed by atoms with van der Waals surface area (Å²) in [5.41, 5.74) is 0. The molecule has 0 aromatic rings. The molecular formula is C7H9NO2. The van der Waals surface area contributed by atoms with Crippen LogP contribution in [0.4, 0.5) is 0 Å². The molecule has 0 aromatic carbocycles. The Kier molecular flexibility index (Phi) is 1.81. The van der Waals surface area contributed by atoms with Crippen molar-refractivity contribution in [2.75, 3.05) is 0 Å². The molecule has 0 atom stereocenters. The molecule has 0 aliphatic carbocycles. The molecule has 1 heterocycles. The van der Waals surface area contributed by atoms with Gasteiger partial charge in [0.15, 0.2) is 0 Å². The molecule has 0 unspecified atom stereocenters. The van der Waals surface area contributed by atoms with Gasteiger partial charge in [0.05, 0.1) is 6.07 Å². The quantitative estimate of drug-likeness (QED) is 0.582. The predicted octanol–water partition coefficient (Wildman–Crippen LogP) is 1.52. The zero-order valence-corrected chi connectivity index (χ0v) is 5.83. The van der Waals surface area contributed by atoms with Crippen LogP contribution in [-0.2, 0) is 9.47 Å². The van der Waals surface area contributed by atoms with Gasteiger partial charge in [0.2, 0.25) is 0 Å². The van der Waals surface area contributed by atoms with Crippen molar-refractivity contribution in [2.45, 2.75) is 25.6 Å². The summed E-state index contributed by atoms with van der Waals surface area (Å²) in [6.07, 6.45) is 3.91. The van der Waals surface area contributed by atoms with E-state index in [9.17, 15) is 0 Å². The Morgan fingerprint density at radius 1 is 1.50 bits per heavy atom. The molecule has 0 radical (unpaired) electrons. The van der Waals surface area contributed by atoms with Crippen LogP contribution in [0.25, 0.3) is 0 Å². The summed E-state index contributed by atoms with van der Waals surface area (Å²) in [5, 5.41) is 8.39. The number of hydrogen-bond acceptors (Lipinski definition) is 3. The Labute approximate surface area is 59.9 Å². The van der Waals surface area contributed by atoms with Crippen molar-refractivity contribution in [1.82, 2.24) is 0 Å². The maximum atomic E-state index is 8.39. The lowest BCUT2D eigenvalue weighted by molar-refractivity contribution is -0.138. The molecule has 0 saturated heterocycles. The van der Waals surface area contributed by atoms with Crippen LogP contribution in [0.5, 0.6) is 0 Å². The second kappa shape index (κ2) is 2.61. The van der Waals surface area contributed by atoms with Gasteiger partial charge in [0, 0.05) is 6.42 Å². The van der Waals surface area contributed by atoms with Crippen LogP contribution in [0.2, 0.25) is 0 Å². The Morgan fingerprint density at radius 3 is 2.50 bits per heavy atom. The minimum Gasteiger partial charge on any atom is -0.456 e. The fourth-order valence-corrected chi connectivity index (χ4v) is 0.827. The van der Waals surface area contributed by atoms with Crippen molar-refractivity contribution >= 4 is 0 Å². The zero-order valence-electron chi connectivity index (χ0n) is 5.83. The van der Waals surface area contributed by atoms with E-state index in [4.69, 9.17) is 14.7 Å². The van der Waals surface area contributed by atoms with E-state index in [0.29, 0.717) is 6.42 Å². The van der Waals surface area contributed by atoms with E-state index < -0.39 is 5.79 Å². The third-order valence-electron chi connectivity index (χ3n) is 1.51. The van der Waals surface area contributed by atoms with Crippen molar-refractivity contribution in [2.24, 2.45) is 0 Å². The average molecular weight is 139 g/mol. The number of rotatable bonds is 2. The molecule has 0 N–H and O–H groups in total. The summed E-state index contributed by atoms with van der Waals surface area (Å²) in [4.78, 5) is 0. The van der Waals surface area contributed by atoms with Crippen molar-refractivity contribution < 1.29 is 9.47 Å². The minimum absolute atomic E-state index is 0.274. The van der Waals surface area contributed by atoms with Crippen LogP contribution in [0.1, 0.15) is 19.8 Å². The highest BCUT2D eigenvalue weighted by molar-refractivity contribution is 4.90. The predicted molar refractivity (Wildman–Crippen MR) is 34.6 cm³/mol. The number of hydrogen-bond donors (Lipinski definition) is 0. The van der Waals surface area contributed by atoms with Gasteiger partial charge in [-0.25, -0.2) is 0 Å². The Hall–Kier alpha value is -1.17. The van der Waals surface area contributed by atoms with Gasteiger partial charge in [-0.15, -0.1) is 0 Å². The average Bonchev–Trinajstić information content (AvgIpc) is 2.39. The first-order valence-electron chi connectivity index (χ1n) is 3.20. The van der Waals surface area contributed by atoms with Gasteiger partial charge < -0.3 is 9.47 Å². The van der Waals surface area contributed by atoms with E-state index in [1.54, 1.807) is 0 Å². The van der Waals surface area contributed by atoms with Gasteiger partial charge in [-0.2, -0.15) is 5.26 Å². The highest BCUT2D eigenvalue weighted by atomic mass is 16.7. The summed E-state index contributed by atoms with van der Waals surface area (Å²) in [6, 6.07) is 2.01. The lowest BCUT2D eigenvalue weighted by Crippen LogP contribution is -2.27. The SMILES string of the molecule is CCC1(CC#N)OC=CO1. The van der Waals surface area contributed by atoms with Gasteiger partial charge in [-0.1, -0.05) is 6.92 Å². The molecule has 3 nitrogen and oxygen atoms in total. The summed E-state index contributed by atoms with van der Waals surface area (Å²) in [7, 11) is 0. The van der Waals surface area contributed by atoms with Gasteiger partial charge >= 0.3 is 0 Å². The normalized spacial score (nSPS) is 19.2. The van der Waals surface area contributed by atoms with Gasteiger partial charge in [-0.3, -0.25) is 0 Å². The maximum absolute atomic E-state index is 8.39. The van der Waals surface area contributed by atoms with Crippen LogP contribution in [0, 0.1) is 11.3 Å². The topological polar surface area (TPSA) is 42.2 Å². The molecule has 10 heavy (non-hydrogen) atoms. The highest BCUT2D eigenvalue weighted by Crippen LogP contribution is 2.26. The van der Waals surface area contributed by atoms with Crippen molar-refractivity contribution in [3.05, 3.63) is 12.5 Å². The highest BCUT2D eigenvalue weighted by Gasteiger charge is 2.32. The first-order valence-corrected chi connectivity index (χ1v) is 3.20. The molecule has 1 rings (SSSR count).